The Hall–Kier alpha value is -2.04. The molecule has 0 aromatic heterocycles. The number of carbonyl (C=O) groups is 2. The zero-order valence-electron chi connectivity index (χ0n) is 12.2. The second-order valence-electron chi connectivity index (χ2n) is 5.30. The number of ketones is 1. The van der Waals surface area contributed by atoms with Crippen LogP contribution in [0.5, 0.6) is 5.75 Å². The van der Waals surface area contributed by atoms with Gasteiger partial charge in [-0.3, -0.25) is 9.59 Å². The molecule has 3 rings (SSSR count). The molecule has 2 aromatic carbocycles. The largest absolute Gasteiger partial charge is 0.484 e. The lowest BCUT2D eigenvalue weighted by atomic mass is 9.99. The minimum Gasteiger partial charge on any atom is -0.484 e. The van der Waals surface area contributed by atoms with Crippen LogP contribution < -0.4 is 10.1 Å². The van der Waals surface area contributed by atoms with Crippen molar-refractivity contribution in [3.63, 3.8) is 0 Å². The number of amides is 1. The fourth-order valence-electron chi connectivity index (χ4n) is 2.40. The molecule has 0 fully saturated rings. The summed E-state index contributed by atoms with van der Waals surface area (Å²) in [5.74, 6) is -0.165. The van der Waals surface area contributed by atoms with Gasteiger partial charge in [0.25, 0.3) is 0 Å². The van der Waals surface area contributed by atoms with E-state index in [1.165, 1.54) is 0 Å². The van der Waals surface area contributed by atoms with Crippen LogP contribution in [0.4, 0.5) is 5.69 Å². The van der Waals surface area contributed by atoms with Crippen molar-refractivity contribution in [2.24, 2.45) is 0 Å². The third-order valence-electron chi connectivity index (χ3n) is 3.74. The Kier molecular flexibility index (Phi) is 4.28. The van der Waals surface area contributed by atoms with Gasteiger partial charge in [-0.2, -0.15) is 0 Å². The third kappa shape index (κ3) is 3.19. The van der Waals surface area contributed by atoms with Crippen LogP contribution in [-0.2, 0) is 4.79 Å². The average molecular weight is 350 g/mol. The van der Waals surface area contributed by atoms with E-state index >= 15 is 0 Å². The highest BCUT2D eigenvalue weighted by molar-refractivity contribution is 6.34. The van der Waals surface area contributed by atoms with E-state index in [0.29, 0.717) is 21.4 Å². The van der Waals surface area contributed by atoms with E-state index in [0.717, 1.165) is 11.3 Å². The summed E-state index contributed by atoms with van der Waals surface area (Å²) in [6.07, 6.45) is 0. The molecular formula is C17H13Cl2NO3. The first-order chi connectivity index (χ1) is 11.0. The summed E-state index contributed by atoms with van der Waals surface area (Å²) in [4.78, 5) is 23.9. The molecule has 1 N–H and O–H groups in total. The van der Waals surface area contributed by atoms with E-state index in [1.54, 1.807) is 43.3 Å². The van der Waals surface area contributed by atoms with Gasteiger partial charge < -0.3 is 10.1 Å². The maximum Gasteiger partial charge on any atom is 0.231 e. The molecule has 1 aliphatic heterocycles. The first-order valence-electron chi connectivity index (χ1n) is 7.01. The molecule has 0 aliphatic carbocycles. The second-order valence-corrected chi connectivity index (χ2v) is 6.14. The molecular weight excluding hydrogens is 337 g/mol. The van der Waals surface area contributed by atoms with Gasteiger partial charge in [0.05, 0.1) is 10.9 Å². The van der Waals surface area contributed by atoms with Crippen molar-refractivity contribution in [1.82, 2.24) is 0 Å². The highest BCUT2D eigenvalue weighted by atomic mass is 35.5. The summed E-state index contributed by atoms with van der Waals surface area (Å²) in [5.41, 5.74) is 2.06. The minimum absolute atomic E-state index is 0.0634. The topological polar surface area (TPSA) is 55.4 Å². The van der Waals surface area contributed by atoms with Crippen molar-refractivity contribution in [1.29, 1.82) is 0 Å². The molecule has 1 aliphatic rings. The second kappa shape index (κ2) is 6.22. The Morgan fingerprint density at radius 1 is 1.22 bits per heavy atom. The number of ether oxygens (including phenoxy) is 1. The van der Waals surface area contributed by atoms with Crippen molar-refractivity contribution in [2.75, 3.05) is 11.9 Å². The molecule has 1 heterocycles. The molecule has 0 saturated heterocycles. The standard InChI is InChI=1S/C17H13Cl2NO3/c1-9-12-6-10(2-5-14(12)20-17(9)22)15(21)8-23-16-7-11(18)3-4-13(16)19/h2-7,9H,8H2,1H3,(H,20,22)/t9-/m1/s1. The van der Waals surface area contributed by atoms with Gasteiger partial charge in [0.15, 0.2) is 12.4 Å². The van der Waals surface area contributed by atoms with E-state index in [4.69, 9.17) is 27.9 Å². The number of nitrogens with one attached hydrogen (secondary N) is 1. The van der Waals surface area contributed by atoms with Gasteiger partial charge in [0, 0.05) is 22.3 Å². The van der Waals surface area contributed by atoms with Crippen LogP contribution in [0.1, 0.15) is 28.8 Å². The Labute approximate surface area is 143 Å². The maximum absolute atomic E-state index is 12.3. The van der Waals surface area contributed by atoms with E-state index in [1.807, 2.05) is 0 Å². The molecule has 0 bridgehead atoms. The molecule has 2 aromatic rings. The summed E-state index contributed by atoms with van der Waals surface area (Å²) in [6, 6.07) is 9.94. The Morgan fingerprint density at radius 3 is 2.78 bits per heavy atom. The molecule has 1 amide bonds. The van der Waals surface area contributed by atoms with Gasteiger partial charge in [0.2, 0.25) is 5.91 Å². The monoisotopic (exact) mass is 349 g/mol. The van der Waals surface area contributed by atoms with Crippen molar-refractivity contribution < 1.29 is 14.3 Å². The summed E-state index contributed by atoms with van der Waals surface area (Å²) >= 11 is 11.9. The van der Waals surface area contributed by atoms with Gasteiger partial charge in [-0.1, -0.05) is 23.2 Å². The van der Waals surface area contributed by atoms with E-state index in [9.17, 15) is 9.59 Å². The Bertz CT molecular complexity index is 804. The van der Waals surface area contributed by atoms with Crippen LogP contribution >= 0.6 is 23.2 Å². The summed E-state index contributed by atoms with van der Waals surface area (Å²) in [6.45, 7) is 1.65. The van der Waals surface area contributed by atoms with Crippen LogP contribution in [0.3, 0.4) is 0 Å². The van der Waals surface area contributed by atoms with Gasteiger partial charge >= 0.3 is 0 Å². The minimum atomic E-state index is -0.263. The third-order valence-corrected chi connectivity index (χ3v) is 4.29. The SMILES string of the molecule is C[C@H]1C(=O)Nc2ccc(C(=O)COc3cc(Cl)ccc3Cl)cc21. The van der Waals surface area contributed by atoms with Crippen LogP contribution in [0.2, 0.25) is 10.0 Å². The number of rotatable bonds is 4. The quantitative estimate of drug-likeness (QED) is 0.836. The smallest absolute Gasteiger partial charge is 0.231 e. The first-order valence-corrected chi connectivity index (χ1v) is 7.77. The van der Waals surface area contributed by atoms with E-state index in [2.05, 4.69) is 5.32 Å². The molecule has 6 heteroatoms. The molecule has 0 unspecified atom stereocenters. The lowest BCUT2D eigenvalue weighted by Gasteiger charge is -2.09. The van der Waals surface area contributed by atoms with Gasteiger partial charge in [-0.05, 0) is 42.8 Å². The molecule has 4 nitrogen and oxygen atoms in total. The zero-order valence-corrected chi connectivity index (χ0v) is 13.7. The number of fused-ring (bicyclic) bond motifs is 1. The summed E-state index contributed by atoms with van der Waals surface area (Å²) in [7, 11) is 0. The van der Waals surface area contributed by atoms with Crippen LogP contribution in [0, 0.1) is 0 Å². The lowest BCUT2D eigenvalue weighted by molar-refractivity contribution is -0.116. The molecule has 118 valence electrons. The Balaban J connectivity index is 1.75. The highest BCUT2D eigenvalue weighted by Gasteiger charge is 2.27. The predicted octanol–water partition coefficient (Wildman–Crippen LogP) is 4.31. The molecule has 0 radical (unpaired) electrons. The van der Waals surface area contributed by atoms with E-state index in [-0.39, 0.29) is 24.2 Å². The number of anilines is 1. The van der Waals surface area contributed by atoms with Crippen molar-refractivity contribution in [3.8, 4) is 5.75 Å². The maximum atomic E-state index is 12.3. The van der Waals surface area contributed by atoms with Crippen LogP contribution in [0.25, 0.3) is 0 Å². The first kappa shape index (κ1) is 15.8. The summed E-state index contributed by atoms with van der Waals surface area (Å²) in [5, 5.41) is 3.64. The number of benzene rings is 2. The summed E-state index contributed by atoms with van der Waals surface area (Å²) < 4.78 is 5.45. The van der Waals surface area contributed by atoms with E-state index < -0.39 is 0 Å². The number of halogens is 2. The lowest BCUT2D eigenvalue weighted by Crippen LogP contribution is -2.12. The normalized spacial score (nSPS) is 16.0. The van der Waals surface area contributed by atoms with Gasteiger partial charge in [-0.25, -0.2) is 0 Å². The van der Waals surface area contributed by atoms with Gasteiger partial charge in [0.1, 0.15) is 5.75 Å². The molecule has 23 heavy (non-hydrogen) atoms. The Morgan fingerprint density at radius 2 is 2.00 bits per heavy atom. The highest BCUT2D eigenvalue weighted by Crippen LogP contribution is 2.33. The van der Waals surface area contributed by atoms with Crippen LogP contribution in [0.15, 0.2) is 36.4 Å². The van der Waals surface area contributed by atoms with Crippen LogP contribution in [-0.4, -0.2) is 18.3 Å². The number of Topliss-reactive ketones (excluding diaryl/α,β-unsaturated/α-hetero) is 1. The fourth-order valence-corrected chi connectivity index (χ4v) is 2.74. The molecule has 0 saturated carbocycles. The molecule has 0 spiro atoms. The van der Waals surface area contributed by atoms with Gasteiger partial charge in [-0.15, -0.1) is 0 Å². The molecule has 1 atom stereocenters. The number of hydrogen-bond donors (Lipinski definition) is 1. The van der Waals surface area contributed by atoms with Crippen molar-refractivity contribution in [2.45, 2.75) is 12.8 Å². The fraction of sp³-hybridized carbons (Fsp3) is 0.176. The predicted molar refractivity (Wildman–Crippen MR) is 89.8 cm³/mol. The average Bonchev–Trinajstić information content (AvgIpc) is 2.82. The number of hydrogen-bond acceptors (Lipinski definition) is 3. The number of carbonyl (C=O) groups excluding carboxylic acids is 2. The van der Waals surface area contributed by atoms with Crippen molar-refractivity contribution in [3.05, 3.63) is 57.6 Å². The van der Waals surface area contributed by atoms with Crippen molar-refractivity contribution >= 4 is 40.6 Å². The zero-order chi connectivity index (χ0) is 16.6.